The highest BCUT2D eigenvalue weighted by Gasteiger charge is 2.23. The summed E-state index contributed by atoms with van der Waals surface area (Å²) in [6, 6.07) is 52.9. The van der Waals surface area contributed by atoms with Crippen LogP contribution in [0.5, 0.6) is 0 Å². The Balaban J connectivity index is 1.18. The van der Waals surface area contributed by atoms with E-state index in [2.05, 4.69) is 87.7 Å². The molecule has 12 aromatic rings. The average molecular weight is 652 g/mol. The number of furan rings is 1. The lowest BCUT2D eigenvalue weighted by molar-refractivity contribution is 0.669. The second kappa shape index (κ2) is 9.77. The molecule has 0 aliphatic carbocycles. The molecule has 51 heavy (non-hydrogen) atoms. The van der Waals surface area contributed by atoms with E-state index >= 15 is 0 Å². The molecule has 0 unspecified atom stereocenters. The molecule has 5 heterocycles. The molecule has 0 saturated heterocycles. The van der Waals surface area contributed by atoms with Crippen LogP contribution in [0.2, 0.25) is 0 Å². The zero-order valence-corrected chi connectivity index (χ0v) is 27.1. The Kier molecular flexibility index (Phi) is 5.14. The van der Waals surface area contributed by atoms with E-state index in [-0.39, 0.29) is 0 Å². The Morgan fingerprint density at radius 3 is 1.63 bits per heavy atom. The molecule has 6 heteroatoms. The predicted octanol–water partition coefficient (Wildman–Crippen LogP) is 11.3. The van der Waals surface area contributed by atoms with Crippen LogP contribution in [0.25, 0.3) is 111 Å². The van der Waals surface area contributed by atoms with Gasteiger partial charge in [-0.25, -0.2) is 15.0 Å². The van der Waals surface area contributed by atoms with Crippen LogP contribution in [0.15, 0.2) is 156 Å². The van der Waals surface area contributed by atoms with E-state index < -0.39 is 0 Å². The minimum absolute atomic E-state index is 0.608. The van der Waals surface area contributed by atoms with Gasteiger partial charge in [0.25, 0.3) is 0 Å². The van der Waals surface area contributed by atoms with E-state index in [1.807, 2.05) is 72.8 Å². The highest BCUT2D eigenvalue weighted by atomic mass is 16.3. The molecule has 0 aliphatic heterocycles. The standard InChI is InChI=1S/C45H25N5O/c1-3-12-26(13-4-1)43-46-44(27-14-5-2-6-15-27)48-45(47-43)31-19-11-23-38-40(31)33-24-32-30-18-10-21-35-42(30)50(37(32)25-39(33)51-38)36-22-9-17-29-28-16-7-8-20-34(28)49(35)41(29)36/h1-25H. The van der Waals surface area contributed by atoms with E-state index in [9.17, 15) is 0 Å². The Labute approximate surface area is 289 Å². The van der Waals surface area contributed by atoms with E-state index in [0.29, 0.717) is 17.5 Å². The van der Waals surface area contributed by atoms with Crippen molar-refractivity contribution < 1.29 is 4.42 Å². The topological polar surface area (TPSA) is 60.6 Å². The molecule has 6 nitrogen and oxygen atoms in total. The van der Waals surface area contributed by atoms with Crippen molar-refractivity contribution in [3.63, 3.8) is 0 Å². The van der Waals surface area contributed by atoms with Crippen LogP contribution in [-0.2, 0) is 0 Å². The van der Waals surface area contributed by atoms with Crippen LogP contribution in [0.3, 0.4) is 0 Å². The molecule has 7 aromatic carbocycles. The third-order valence-electron chi connectivity index (χ3n) is 10.5. The van der Waals surface area contributed by atoms with Gasteiger partial charge >= 0.3 is 0 Å². The van der Waals surface area contributed by atoms with E-state index in [0.717, 1.165) is 44.1 Å². The smallest absolute Gasteiger partial charge is 0.164 e. The first-order valence-corrected chi connectivity index (χ1v) is 17.1. The minimum Gasteiger partial charge on any atom is -0.456 e. The summed E-state index contributed by atoms with van der Waals surface area (Å²) in [6.45, 7) is 0. The van der Waals surface area contributed by atoms with Gasteiger partial charge in [-0.2, -0.15) is 0 Å². The third kappa shape index (κ3) is 3.57. The lowest BCUT2D eigenvalue weighted by atomic mass is 10.0. The van der Waals surface area contributed by atoms with Crippen molar-refractivity contribution in [3.8, 4) is 34.2 Å². The Bertz CT molecular complexity index is 3300. The molecule has 0 amide bonds. The van der Waals surface area contributed by atoms with Crippen molar-refractivity contribution in [2.24, 2.45) is 0 Å². The normalized spacial score (nSPS) is 12.3. The first kappa shape index (κ1) is 26.9. The summed E-state index contributed by atoms with van der Waals surface area (Å²) in [5, 5.41) is 6.92. The molecule has 0 fully saturated rings. The maximum Gasteiger partial charge on any atom is 0.164 e. The summed E-state index contributed by atoms with van der Waals surface area (Å²) in [5.74, 6) is 1.87. The zero-order chi connectivity index (χ0) is 33.2. The number of hydrogen-bond acceptors (Lipinski definition) is 4. The summed E-state index contributed by atoms with van der Waals surface area (Å²) in [4.78, 5) is 15.1. The molecule has 12 rings (SSSR count). The number of fused-ring (bicyclic) bond motifs is 11. The minimum atomic E-state index is 0.608. The summed E-state index contributed by atoms with van der Waals surface area (Å²) < 4.78 is 11.6. The van der Waals surface area contributed by atoms with Gasteiger partial charge in [-0.3, -0.25) is 0 Å². The van der Waals surface area contributed by atoms with Crippen molar-refractivity contribution >= 4 is 76.6 Å². The number of rotatable bonds is 3. The van der Waals surface area contributed by atoms with Crippen molar-refractivity contribution in [1.82, 2.24) is 23.8 Å². The molecule has 236 valence electrons. The average Bonchev–Trinajstić information content (AvgIpc) is 3.85. The van der Waals surface area contributed by atoms with Gasteiger partial charge in [-0.05, 0) is 30.3 Å². The second-order valence-electron chi connectivity index (χ2n) is 13.2. The molecule has 0 N–H and O–H groups in total. The molecule has 0 spiro atoms. The predicted molar refractivity (Wildman–Crippen MR) is 207 cm³/mol. The van der Waals surface area contributed by atoms with Crippen LogP contribution < -0.4 is 0 Å². The van der Waals surface area contributed by atoms with Crippen molar-refractivity contribution in [2.45, 2.75) is 0 Å². The highest BCUT2D eigenvalue weighted by Crippen LogP contribution is 2.44. The molecule has 0 aliphatic rings. The van der Waals surface area contributed by atoms with Gasteiger partial charge in [0.1, 0.15) is 11.2 Å². The van der Waals surface area contributed by atoms with Crippen molar-refractivity contribution in [1.29, 1.82) is 0 Å². The molecule has 5 aromatic heterocycles. The molecule has 0 bridgehead atoms. The van der Waals surface area contributed by atoms with Crippen LogP contribution in [0.4, 0.5) is 0 Å². The van der Waals surface area contributed by atoms with Crippen molar-refractivity contribution in [3.05, 3.63) is 152 Å². The van der Waals surface area contributed by atoms with Crippen LogP contribution in [-0.4, -0.2) is 23.8 Å². The van der Waals surface area contributed by atoms with Gasteiger partial charge in [0.15, 0.2) is 17.5 Å². The number of nitrogens with zero attached hydrogens (tertiary/aromatic N) is 5. The summed E-state index contributed by atoms with van der Waals surface area (Å²) in [6.07, 6.45) is 0. The third-order valence-corrected chi connectivity index (χ3v) is 10.5. The van der Waals surface area contributed by atoms with E-state index in [1.165, 1.54) is 49.1 Å². The van der Waals surface area contributed by atoms with Gasteiger partial charge < -0.3 is 13.2 Å². The van der Waals surface area contributed by atoms with Gasteiger partial charge in [0.05, 0.1) is 33.1 Å². The largest absolute Gasteiger partial charge is 0.456 e. The molecule has 0 radical (unpaired) electrons. The maximum absolute atomic E-state index is 6.70. The Morgan fingerprint density at radius 1 is 0.373 bits per heavy atom. The zero-order valence-electron chi connectivity index (χ0n) is 27.1. The fraction of sp³-hybridized carbons (Fsp3) is 0. The van der Waals surface area contributed by atoms with E-state index in [1.54, 1.807) is 0 Å². The van der Waals surface area contributed by atoms with Crippen LogP contribution in [0.1, 0.15) is 0 Å². The van der Waals surface area contributed by atoms with Gasteiger partial charge in [0, 0.05) is 55.1 Å². The number of benzene rings is 7. The van der Waals surface area contributed by atoms with Gasteiger partial charge in [0.2, 0.25) is 0 Å². The van der Waals surface area contributed by atoms with Crippen LogP contribution >= 0.6 is 0 Å². The first-order chi connectivity index (χ1) is 25.3. The number of aromatic nitrogens is 5. The number of hydrogen-bond donors (Lipinski definition) is 0. The summed E-state index contributed by atoms with van der Waals surface area (Å²) >= 11 is 0. The second-order valence-corrected chi connectivity index (χ2v) is 13.2. The van der Waals surface area contributed by atoms with Gasteiger partial charge in [-0.1, -0.05) is 115 Å². The molecule has 0 atom stereocenters. The summed E-state index contributed by atoms with van der Waals surface area (Å²) in [5.41, 5.74) is 11.5. The highest BCUT2D eigenvalue weighted by molar-refractivity contribution is 6.24. The molecule has 0 saturated carbocycles. The lowest BCUT2D eigenvalue weighted by Crippen LogP contribution is -2.00. The summed E-state index contributed by atoms with van der Waals surface area (Å²) in [7, 11) is 0. The van der Waals surface area contributed by atoms with Crippen LogP contribution in [0, 0.1) is 0 Å². The molecular weight excluding hydrogens is 627 g/mol. The van der Waals surface area contributed by atoms with Crippen molar-refractivity contribution in [2.75, 3.05) is 0 Å². The SMILES string of the molecule is c1ccc(-c2nc(-c3ccccc3)nc(-c3cccc4oc5cc6c(cc5c34)c3cccc4c3n6c3cccc5c6ccccc6n4c53)n2)cc1. The quantitative estimate of drug-likeness (QED) is 0.178. The Hall–Kier alpha value is -7.05. The monoisotopic (exact) mass is 651 g/mol. The Morgan fingerprint density at radius 2 is 0.922 bits per heavy atom. The number of para-hydroxylation sites is 3. The van der Waals surface area contributed by atoms with E-state index in [4.69, 9.17) is 19.4 Å². The lowest BCUT2D eigenvalue weighted by Gasteiger charge is -2.11. The first-order valence-electron chi connectivity index (χ1n) is 17.1. The van der Waals surface area contributed by atoms with Gasteiger partial charge in [-0.15, -0.1) is 0 Å². The fourth-order valence-corrected chi connectivity index (χ4v) is 8.34. The maximum atomic E-state index is 6.70. The fourth-order valence-electron chi connectivity index (χ4n) is 8.34. The molecular formula is C45H25N5O.